The fourth-order valence-electron chi connectivity index (χ4n) is 4.10. The lowest BCUT2D eigenvalue weighted by atomic mass is 10.1. The molecule has 0 aliphatic heterocycles. The Morgan fingerprint density at radius 1 is 0.594 bits per heavy atom. The van der Waals surface area contributed by atoms with Gasteiger partial charge in [-0.2, -0.15) is 0 Å². The van der Waals surface area contributed by atoms with Gasteiger partial charge in [-0.15, -0.1) is 0 Å². The Hall–Kier alpha value is -0.870. The van der Waals surface area contributed by atoms with Crippen LogP contribution in [-0.2, 0) is 4.79 Å². The lowest BCUT2D eigenvalue weighted by molar-refractivity contribution is -0.131. The number of carbonyl (C=O) groups is 1. The van der Waals surface area contributed by atoms with E-state index < -0.39 is 0 Å². The van der Waals surface area contributed by atoms with E-state index in [0.29, 0.717) is 32.4 Å². The van der Waals surface area contributed by atoms with Crippen LogP contribution in [0.1, 0.15) is 135 Å². The topological polar surface area (TPSA) is 60.8 Å². The second kappa shape index (κ2) is 26.4. The smallest absolute Gasteiger partial charge is 0.222 e. The predicted molar refractivity (Wildman–Crippen MR) is 138 cm³/mol. The number of amides is 1. The number of rotatable bonds is 25. The third kappa shape index (κ3) is 22.3. The van der Waals surface area contributed by atoms with Crippen molar-refractivity contribution in [1.82, 2.24) is 4.90 Å². The lowest BCUT2D eigenvalue weighted by Gasteiger charge is -2.22. The molecule has 4 heteroatoms. The molecule has 0 bridgehead atoms. The first-order valence-corrected chi connectivity index (χ1v) is 13.9. The molecule has 0 saturated carbocycles. The van der Waals surface area contributed by atoms with Gasteiger partial charge in [-0.05, 0) is 44.9 Å². The maximum atomic E-state index is 12.3. The molecule has 0 fully saturated rings. The summed E-state index contributed by atoms with van der Waals surface area (Å²) in [6.45, 7) is 3.70. The summed E-state index contributed by atoms with van der Waals surface area (Å²) in [5.74, 6) is 0.174. The number of nitrogens with zero attached hydrogens (tertiary/aromatic N) is 1. The molecule has 0 unspecified atom stereocenters. The van der Waals surface area contributed by atoms with Crippen molar-refractivity contribution in [1.29, 1.82) is 0 Å². The number of aliphatic hydroxyl groups is 2. The summed E-state index contributed by atoms with van der Waals surface area (Å²) in [6, 6.07) is 0. The molecule has 0 aliphatic rings. The second-order valence-electron chi connectivity index (χ2n) is 9.28. The molecule has 0 aromatic heterocycles. The molecule has 0 radical (unpaired) electrons. The molecule has 4 nitrogen and oxygen atoms in total. The summed E-state index contributed by atoms with van der Waals surface area (Å²) >= 11 is 0. The molecule has 0 atom stereocenters. The molecule has 0 rings (SSSR count). The molecule has 32 heavy (non-hydrogen) atoms. The Bertz CT molecular complexity index is 403. The van der Waals surface area contributed by atoms with Crippen LogP contribution < -0.4 is 0 Å². The predicted octanol–water partition coefficient (Wildman–Crippen LogP) is 7.18. The van der Waals surface area contributed by atoms with E-state index in [9.17, 15) is 4.79 Å². The van der Waals surface area contributed by atoms with Crippen LogP contribution in [0.15, 0.2) is 12.2 Å². The van der Waals surface area contributed by atoms with Gasteiger partial charge in [-0.25, -0.2) is 0 Å². The fourth-order valence-corrected chi connectivity index (χ4v) is 4.10. The molecule has 2 N–H and O–H groups in total. The van der Waals surface area contributed by atoms with Crippen molar-refractivity contribution in [3.63, 3.8) is 0 Å². The second-order valence-corrected chi connectivity index (χ2v) is 9.28. The molecule has 0 aliphatic carbocycles. The van der Waals surface area contributed by atoms with Gasteiger partial charge in [0.05, 0.1) is 0 Å². The summed E-state index contributed by atoms with van der Waals surface area (Å²) in [7, 11) is 0. The minimum Gasteiger partial charge on any atom is -0.396 e. The van der Waals surface area contributed by atoms with Crippen LogP contribution in [-0.4, -0.2) is 47.3 Å². The minimum absolute atomic E-state index is 0.110. The summed E-state index contributed by atoms with van der Waals surface area (Å²) in [5, 5.41) is 18.0. The average molecular weight is 454 g/mol. The van der Waals surface area contributed by atoms with Crippen molar-refractivity contribution in [2.75, 3.05) is 26.3 Å². The number of aliphatic hydroxyl groups excluding tert-OH is 2. The third-order valence-electron chi connectivity index (χ3n) is 6.18. The molecular weight excluding hydrogens is 398 g/mol. The number of hydrogen-bond acceptors (Lipinski definition) is 3. The van der Waals surface area contributed by atoms with Crippen LogP contribution in [0.4, 0.5) is 0 Å². The molecule has 0 spiro atoms. The lowest BCUT2D eigenvalue weighted by Crippen LogP contribution is -2.33. The summed E-state index contributed by atoms with van der Waals surface area (Å²) in [5.41, 5.74) is 0. The first-order valence-electron chi connectivity index (χ1n) is 13.9. The van der Waals surface area contributed by atoms with E-state index in [0.717, 1.165) is 12.8 Å². The largest absolute Gasteiger partial charge is 0.396 e. The Morgan fingerprint density at radius 3 is 1.44 bits per heavy atom. The SMILES string of the molecule is CCCCCCCC/C=C\CCCCCCCCCCCC(=O)N(CCCO)CCCO. The zero-order valence-corrected chi connectivity index (χ0v) is 21.4. The van der Waals surface area contributed by atoms with Crippen LogP contribution >= 0.6 is 0 Å². The number of hydrogen-bond donors (Lipinski definition) is 2. The Kier molecular flexibility index (Phi) is 25.7. The van der Waals surface area contributed by atoms with Crippen molar-refractivity contribution in [3.05, 3.63) is 12.2 Å². The van der Waals surface area contributed by atoms with Gasteiger partial charge in [0, 0.05) is 32.7 Å². The van der Waals surface area contributed by atoms with E-state index >= 15 is 0 Å². The summed E-state index contributed by atoms with van der Waals surface area (Å²) in [4.78, 5) is 14.1. The van der Waals surface area contributed by atoms with Crippen LogP contribution in [0.5, 0.6) is 0 Å². The van der Waals surface area contributed by atoms with Crippen LogP contribution in [0, 0.1) is 0 Å². The highest BCUT2D eigenvalue weighted by Crippen LogP contribution is 2.13. The van der Waals surface area contributed by atoms with Crippen molar-refractivity contribution < 1.29 is 15.0 Å². The van der Waals surface area contributed by atoms with Gasteiger partial charge in [-0.3, -0.25) is 4.79 Å². The third-order valence-corrected chi connectivity index (χ3v) is 6.18. The number of allylic oxidation sites excluding steroid dienone is 2. The van der Waals surface area contributed by atoms with Gasteiger partial charge in [0.2, 0.25) is 5.91 Å². The van der Waals surface area contributed by atoms with E-state index in [4.69, 9.17) is 10.2 Å². The number of unbranched alkanes of at least 4 members (excludes halogenated alkanes) is 15. The molecule has 1 amide bonds. The molecule has 0 saturated heterocycles. The van der Waals surface area contributed by atoms with Crippen LogP contribution in [0.2, 0.25) is 0 Å². The summed E-state index contributed by atoms with van der Waals surface area (Å²) in [6.07, 6.45) is 28.7. The minimum atomic E-state index is 0.110. The van der Waals surface area contributed by atoms with Gasteiger partial charge in [0.1, 0.15) is 0 Å². The zero-order valence-electron chi connectivity index (χ0n) is 21.4. The first-order chi connectivity index (χ1) is 15.8. The van der Waals surface area contributed by atoms with E-state index in [-0.39, 0.29) is 19.1 Å². The van der Waals surface area contributed by atoms with E-state index in [1.807, 2.05) is 0 Å². The maximum absolute atomic E-state index is 12.3. The first kappa shape index (κ1) is 31.1. The quantitative estimate of drug-likeness (QED) is 0.114. The Balaban J connectivity index is 3.41. The highest BCUT2D eigenvalue weighted by molar-refractivity contribution is 5.76. The van der Waals surface area contributed by atoms with Crippen molar-refractivity contribution in [3.8, 4) is 0 Å². The monoisotopic (exact) mass is 453 g/mol. The van der Waals surface area contributed by atoms with E-state index in [1.165, 1.54) is 96.3 Å². The van der Waals surface area contributed by atoms with E-state index in [1.54, 1.807) is 4.90 Å². The van der Waals surface area contributed by atoms with Gasteiger partial charge >= 0.3 is 0 Å². The van der Waals surface area contributed by atoms with Crippen LogP contribution in [0.3, 0.4) is 0 Å². The Morgan fingerprint density at radius 2 is 1.00 bits per heavy atom. The molecule has 0 aromatic carbocycles. The normalized spacial score (nSPS) is 11.5. The highest BCUT2D eigenvalue weighted by Gasteiger charge is 2.12. The van der Waals surface area contributed by atoms with E-state index in [2.05, 4.69) is 19.1 Å². The number of carbonyl (C=O) groups excluding carboxylic acids is 1. The summed E-state index contributed by atoms with van der Waals surface area (Å²) < 4.78 is 0. The molecule has 0 aromatic rings. The van der Waals surface area contributed by atoms with Crippen molar-refractivity contribution in [2.24, 2.45) is 0 Å². The average Bonchev–Trinajstić information content (AvgIpc) is 2.80. The van der Waals surface area contributed by atoms with Gasteiger partial charge in [0.15, 0.2) is 0 Å². The molecule has 0 heterocycles. The standard InChI is InChI=1S/C28H55NO3/c1-2-3-4-5-6-7-8-9-10-11-12-13-14-15-16-17-18-19-20-23-28(32)29(24-21-26-30)25-22-27-31/h9-10,30-31H,2-8,11-27H2,1H3/b10-9-. The highest BCUT2D eigenvalue weighted by atomic mass is 16.3. The maximum Gasteiger partial charge on any atom is 0.222 e. The fraction of sp³-hybridized carbons (Fsp3) is 0.893. The van der Waals surface area contributed by atoms with Gasteiger partial charge < -0.3 is 15.1 Å². The van der Waals surface area contributed by atoms with Crippen molar-refractivity contribution in [2.45, 2.75) is 135 Å². The zero-order chi connectivity index (χ0) is 23.5. The Labute approximate surface area is 199 Å². The van der Waals surface area contributed by atoms with Crippen LogP contribution in [0.25, 0.3) is 0 Å². The molecular formula is C28H55NO3. The molecule has 190 valence electrons. The van der Waals surface area contributed by atoms with Gasteiger partial charge in [-0.1, -0.05) is 96.1 Å². The van der Waals surface area contributed by atoms with Gasteiger partial charge in [0.25, 0.3) is 0 Å². The van der Waals surface area contributed by atoms with Crippen molar-refractivity contribution >= 4 is 5.91 Å².